The van der Waals surface area contributed by atoms with Crippen LogP contribution in [0.25, 0.3) is 0 Å². The number of nitrogens with zero attached hydrogens (tertiary/aromatic N) is 2. The first-order valence-electron chi connectivity index (χ1n) is 12.1. The minimum Gasteiger partial charge on any atom is -0.462 e. The summed E-state index contributed by atoms with van der Waals surface area (Å²) in [6, 6.07) is 5.82. The fourth-order valence-electron chi connectivity index (χ4n) is 7.59. The van der Waals surface area contributed by atoms with Crippen molar-refractivity contribution >= 4 is 34.9 Å². The van der Waals surface area contributed by atoms with Gasteiger partial charge in [-0.1, -0.05) is 43.5 Å². The molecule has 0 amide bonds. The first-order valence-corrected chi connectivity index (χ1v) is 12.9. The van der Waals surface area contributed by atoms with Crippen LogP contribution in [0.1, 0.15) is 39.5 Å². The van der Waals surface area contributed by atoms with E-state index in [2.05, 4.69) is 23.6 Å². The topological polar surface area (TPSA) is 45.3 Å². The van der Waals surface area contributed by atoms with Gasteiger partial charge in [-0.15, -0.1) is 0 Å². The first kappa shape index (κ1) is 21.5. The van der Waals surface area contributed by atoms with Gasteiger partial charge in [0.25, 0.3) is 0 Å². The van der Waals surface area contributed by atoms with E-state index in [1.54, 1.807) is 0 Å². The Morgan fingerprint density at radius 3 is 2.69 bits per heavy atom. The largest absolute Gasteiger partial charge is 0.462 e. The van der Waals surface area contributed by atoms with E-state index in [-0.39, 0.29) is 41.0 Å². The van der Waals surface area contributed by atoms with Gasteiger partial charge in [0.15, 0.2) is 0 Å². The van der Waals surface area contributed by atoms with Gasteiger partial charge in [-0.25, -0.2) is 0 Å². The molecular weight excluding hydrogens is 447 g/mol. The molecule has 5 aliphatic rings. The molecular formula is C25H32Cl2N2O3. The Balaban J connectivity index is 1.13. The van der Waals surface area contributed by atoms with E-state index in [1.807, 2.05) is 18.2 Å². The van der Waals surface area contributed by atoms with Crippen molar-refractivity contribution in [1.29, 1.82) is 0 Å². The van der Waals surface area contributed by atoms with Gasteiger partial charge in [-0.2, -0.15) is 0 Å². The van der Waals surface area contributed by atoms with Gasteiger partial charge in [0.2, 0.25) is 0 Å². The summed E-state index contributed by atoms with van der Waals surface area (Å²) in [6.45, 7) is 9.17. The number of anilines is 1. The summed E-state index contributed by atoms with van der Waals surface area (Å²) in [5.41, 5.74) is 1.23. The van der Waals surface area contributed by atoms with E-state index >= 15 is 0 Å². The molecule has 7 heteroatoms. The maximum absolute atomic E-state index is 13.0. The zero-order valence-electron chi connectivity index (χ0n) is 18.9. The lowest BCUT2D eigenvalue weighted by Gasteiger charge is -2.49. The highest BCUT2D eigenvalue weighted by molar-refractivity contribution is 6.42. The van der Waals surface area contributed by atoms with Crippen LogP contribution in [0.2, 0.25) is 10.0 Å². The van der Waals surface area contributed by atoms with Crippen LogP contribution in [0.4, 0.5) is 5.69 Å². The summed E-state index contributed by atoms with van der Waals surface area (Å²) in [6.07, 6.45) is 4.87. The molecule has 7 atom stereocenters. The lowest BCUT2D eigenvalue weighted by molar-refractivity contribution is -0.146. The summed E-state index contributed by atoms with van der Waals surface area (Å²) in [7, 11) is 0. The average molecular weight is 479 g/mol. The molecule has 6 rings (SSSR count). The molecule has 0 aromatic heterocycles. The maximum atomic E-state index is 13.0. The van der Waals surface area contributed by atoms with Crippen LogP contribution in [0, 0.1) is 23.2 Å². The second kappa shape index (κ2) is 7.49. The van der Waals surface area contributed by atoms with Crippen molar-refractivity contribution in [2.75, 3.05) is 37.6 Å². The Bertz CT molecular complexity index is 936. The van der Waals surface area contributed by atoms with E-state index in [0.29, 0.717) is 16.0 Å². The van der Waals surface area contributed by atoms with Crippen molar-refractivity contribution in [1.82, 2.24) is 4.90 Å². The minimum absolute atomic E-state index is 0.00698. The van der Waals surface area contributed by atoms with Gasteiger partial charge >= 0.3 is 5.97 Å². The third-order valence-electron chi connectivity index (χ3n) is 9.29. The van der Waals surface area contributed by atoms with E-state index < -0.39 is 0 Å². The highest BCUT2D eigenvalue weighted by Crippen LogP contribution is 2.70. The van der Waals surface area contributed by atoms with Crippen LogP contribution in [-0.4, -0.2) is 61.4 Å². The normalized spacial score (nSPS) is 43.3. The summed E-state index contributed by atoms with van der Waals surface area (Å²) in [4.78, 5) is 17.7. The molecule has 32 heavy (non-hydrogen) atoms. The van der Waals surface area contributed by atoms with Crippen LogP contribution in [0.5, 0.6) is 0 Å². The van der Waals surface area contributed by atoms with Gasteiger partial charge in [0, 0.05) is 49.7 Å². The Hall–Kier alpha value is -1.01. The van der Waals surface area contributed by atoms with Gasteiger partial charge in [-0.05, 0) is 43.4 Å². The second-order valence-electron chi connectivity index (χ2n) is 10.9. The number of carbonyl (C=O) groups excluding carboxylic acids is 1. The Kier molecular flexibility index (Phi) is 5.04. The number of ether oxygens (including phenoxy) is 2. The lowest BCUT2D eigenvalue weighted by atomic mass is 9.53. The number of esters is 1. The summed E-state index contributed by atoms with van der Waals surface area (Å²) in [5.74, 6) is 0.703. The van der Waals surface area contributed by atoms with Crippen molar-refractivity contribution in [3.05, 3.63) is 28.2 Å². The fraction of sp³-hybridized carbons (Fsp3) is 0.720. The third-order valence-corrected chi connectivity index (χ3v) is 10.0. The number of fused-ring (bicyclic) bond motifs is 2. The molecule has 1 aromatic rings. The Morgan fingerprint density at radius 2 is 1.94 bits per heavy atom. The number of benzene rings is 1. The molecule has 2 saturated carbocycles. The molecule has 5 fully saturated rings. The molecule has 1 spiro atoms. The maximum Gasteiger partial charge on any atom is 0.311 e. The number of hydrogen-bond donors (Lipinski definition) is 0. The van der Waals surface area contributed by atoms with Crippen molar-refractivity contribution in [3.8, 4) is 0 Å². The predicted molar refractivity (Wildman–Crippen MR) is 125 cm³/mol. The van der Waals surface area contributed by atoms with Crippen LogP contribution in [0.3, 0.4) is 0 Å². The summed E-state index contributed by atoms with van der Waals surface area (Å²) in [5, 5.41) is 1.17. The number of epoxide rings is 1. The molecule has 5 nitrogen and oxygen atoms in total. The molecule has 2 aliphatic carbocycles. The molecule has 0 N–H and O–H groups in total. The smallest absolute Gasteiger partial charge is 0.311 e. The molecule has 0 bridgehead atoms. The van der Waals surface area contributed by atoms with Crippen LogP contribution in [-0.2, 0) is 14.3 Å². The standard InChI is InChI=1S/C25H32Cl2N2O3/c1-15-4-3-7-24(2)13-20-21(22-25(15,24)32-22)17(23(30)31-20)14-28-8-10-29(11-9-28)16-5-6-18(26)19(27)12-16/h5-6,12,15,17,20-22H,3-4,7-11,13-14H2,1-2H3. The number of piperazine rings is 1. The first-order chi connectivity index (χ1) is 15.3. The van der Waals surface area contributed by atoms with Crippen molar-refractivity contribution in [2.24, 2.45) is 23.2 Å². The highest BCUT2D eigenvalue weighted by atomic mass is 35.5. The molecule has 3 heterocycles. The molecule has 3 saturated heterocycles. The lowest BCUT2D eigenvalue weighted by Crippen LogP contribution is -2.55. The quantitative estimate of drug-likeness (QED) is 0.467. The Labute approximate surface area is 200 Å². The average Bonchev–Trinajstić information content (AvgIpc) is 3.45. The van der Waals surface area contributed by atoms with E-state index in [0.717, 1.165) is 44.8 Å². The second-order valence-corrected chi connectivity index (χ2v) is 11.7. The number of hydrogen-bond acceptors (Lipinski definition) is 5. The number of halogens is 2. The van der Waals surface area contributed by atoms with Crippen LogP contribution in [0.15, 0.2) is 18.2 Å². The fourth-order valence-corrected chi connectivity index (χ4v) is 7.88. The molecule has 0 radical (unpaired) electrons. The van der Waals surface area contributed by atoms with E-state index in [9.17, 15) is 4.79 Å². The molecule has 1 aromatic carbocycles. The van der Waals surface area contributed by atoms with Crippen molar-refractivity contribution in [2.45, 2.75) is 57.3 Å². The Morgan fingerprint density at radius 1 is 1.16 bits per heavy atom. The SMILES string of the molecule is CC1CCCC2(C)CC3OC(=O)C(CN4CCN(c5ccc(Cl)c(Cl)c5)CC4)C3C3OC132. The zero-order chi connectivity index (χ0) is 22.3. The minimum atomic E-state index is -0.0698. The van der Waals surface area contributed by atoms with Gasteiger partial charge in [0.1, 0.15) is 11.7 Å². The molecule has 3 aliphatic heterocycles. The molecule has 174 valence electrons. The highest BCUT2D eigenvalue weighted by Gasteiger charge is 2.78. The number of carbonyl (C=O) groups is 1. The number of rotatable bonds is 3. The third kappa shape index (κ3) is 3.07. The summed E-state index contributed by atoms with van der Waals surface area (Å²) < 4.78 is 12.6. The predicted octanol–water partition coefficient (Wildman–Crippen LogP) is 4.64. The van der Waals surface area contributed by atoms with Crippen LogP contribution < -0.4 is 4.90 Å². The summed E-state index contributed by atoms with van der Waals surface area (Å²) >= 11 is 12.3. The van der Waals surface area contributed by atoms with Crippen LogP contribution >= 0.6 is 23.2 Å². The van der Waals surface area contributed by atoms with E-state index in [1.165, 1.54) is 19.3 Å². The van der Waals surface area contributed by atoms with Gasteiger partial charge < -0.3 is 14.4 Å². The van der Waals surface area contributed by atoms with E-state index in [4.69, 9.17) is 32.7 Å². The van der Waals surface area contributed by atoms with Gasteiger partial charge in [-0.3, -0.25) is 9.69 Å². The van der Waals surface area contributed by atoms with Crippen molar-refractivity contribution < 1.29 is 14.3 Å². The molecule has 7 unspecified atom stereocenters. The van der Waals surface area contributed by atoms with Gasteiger partial charge in [0.05, 0.1) is 22.1 Å². The zero-order valence-corrected chi connectivity index (χ0v) is 20.4. The monoisotopic (exact) mass is 478 g/mol. The van der Waals surface area contributed by atoms with Crippen molar-refractivity contribution in [3.63, 3.8) is 0 Å².